The Balaban J connectivity index is 1.63. The summed E-state index contributed by atoms with van der Waals surface area (Å²) in [6.07, 6.45) is 2.92. The number of rotatable bonds is 5. The van der Waals surface area contributed by atoms with Crippen molar-refractivity contribution in [3.05, 3.63) is 81.6 Å². The molecule has 0 unspecified atom stereocenters. The minimum absolute atomic E-state index is 0.321. The van der Waals surface area contributed by atoms with Crippen LogP contribution in [0.25, 0.3) is 0 Å². The number of amides is 1. The molecule has 0 bridgehead atoms. The molecule has 2 aromatic carbocycles. The fourth-order valence-electron chi connectivity index (χ4n) is 2.33. The van der Waals surface area contributed by atoms with E-state index in [1.54, 1.807) is 18.2 Å². The normalized spacial score (nSPS) is 10.4. The first kappa shape index (κ1) is 18.2. The summed E-state index contributed by atoms with van der Waals surface area (Å²) in [5.41, 5.74) is 3.08. The maximum absolute atomic E-state index is 12.3. The van der Waals surface area contributed by atoms with Crippen molar-refractivity contribution in [1.82, 2.24) is 9.97 Å². The maximum atomic E-state index is 12.3. The molecular weight excluding hydrogens is 371 g/mol. The number of carbonyl (C=O) groups excluding carboxylic acids is 1. The SMILES string of the molecule is Cc1cccc(CNc2ncc(C(=O)Nc3cc(Cl)ccc3Cl)cn2)c1. The van der Waals surface area contributed by atoms with Crippen LogP contribution in [-0.4, -0.2) is 15.9 Å². The van der Waals surface area contributed by atoms with E-state index in [0.717, 1.165) is 5.56 Å². The lowest BCUT2D eigenvalue weighted by Gasteiger charge is -2.08. The molecule has 0 aliphatic carbocycles. The van der Waals surface area contributed by atoms with Crippen LogP contribution in [0.5, 0.6) is 0 Å². The standard InChI is InChI=1S/C19H16Cl2N4O/c1-12-3-2-4-13(7-12)9-22-19-23-10-14(11-24-19)18(26)25-17-8-15(20)5-6-16(17)21/h2-8,10-11H,9H2,1H3,(H,25,26)(H,22,23,24). The highest BCUT2D eigenvalue weighted by Gasteiger charge is 2.10. The molecule has 0 spiro atoms. The number of nitrogens with one attached hydrogen (secondary N) is 2. The van der Waals surface area contributed by atoms with Gasteiger partial charge >= 0.3 is 0 Å². The first-order valence-corrected chi connectivity index (χ1v) is 8.65. The van der Waals surface area contributed by atoms with Crippen LogP contribution < -0.4 is 10.6 Å². The van der Waals surface area contributed by atoms with Gasteiger partial charge in [-0.05, 0) is 30.7 Å². The van der Waals surface area contributed by atoms with Gasteiger partial charge in [0.1, 0.15) is 0 Å². The molecule has 0 saturated heterocycles. The van der Waals surface area contributed by atoms with Gasteiger partial charge in [-0.2, -0.15) is 0 Å². The van der Waals surface area contributed by atoms with Crippen molar-refractivity contribution in [3.8, 4) is 0 Å². The van der Waals surface area contributed by atoms with Gasteiger partial charge in [0, 0.05) is 24.0 Å². The number of carbonyl (C=O) groups is 1. The quantitative estimate of drug-likeness (QED) is 0.650. The van der Waals surface area contributed by atoms with Gasteiger partial charge in [0.2, 0.25) is 5.95 Å². The van der Waals surface area contributed by atoms with Crippen molar-refractivity contribution in [1.29, 1.82) is 0 Å². The lowest BCUT2D eigenvalue weighted by Crippen LogP contribution is -2.13. The van der Waals surface area contributed by atoms with Crippen LogP contribution in [0.1, 0.15) is 21.5 Å². The Bertz CT molecular complexity index is 929. The topological polar surface area (TPSA) is 66.9 Å². The number of halogens is 2. The molecule has 5 nitrogen and oxygen atoms in total. The fourth-order valence-corrected chi connectivity index (χ4v) is 2.66. The van der Waals surface area contributed by atoms with E-state index >= 15 is 0 Å². The second kappa shape index (κ2) is 8.17. The molecule has 3 rings (SSSR count). The summed E-state index contributed by atoms with van der Waals surface area (Å²) in [7, 11) is 0. The summed E-state index contributed by atoms with van der Waals surface area (Å²) >= 11 is 12.0. The molecule has 3 aromatic rings. The Morgan fingerprint density at radius 1 is 1.08 bits per heavy atom. The van der Waals surface area contributed by atoms with Crippen LogP contribution >= 0.6 is 23.2 Å². The third kappa shape index (κ3) is 4.71. The Morgan fingerprint density at radius 2 is 1.85 bits per heavy atom. The highest BCUT2D eigenvalue weighted by Crippen LogP contribution is 2.25. The van der Waals surface area contributed by atoms with Crippen molar-refractivity contribution in [3.63, 3.8) is 0 Å². The zero-order valence-corrected chi connectivity index (χ0v) is 15.5. The predicted octanol–water partition coefficient (Wildman–Crippen LogP) is 4.96. The van der Waals surface area contributed by atoms with Gasteiger partial charge in [0.05, 0.1) is 16.3 Å². The Morgan fingerprint density at radius 3 is 2.58 bits per heavy atom. The monoisotopic (exact) mass is 386 g/mol. The smallest absolute Gasteiger partial charge is 0.258 e. The summed E-state index contributed by atoms with van der Waals surface area (Å²) in [5, 5.41) is 6.71. The molecule has 1 heterocycles. The summed E-state index contributed by atoms with van der Waals surface area (Å²) < 4.78 is 0. The Kier molecular flexibility index (Phi) is 5.71. The molecule has 0 aliphatic rings. The predicted molar refractivity (Wildman–Crippen MR) is 105 cm³/mol. The van der Waals surface area contributed by atoms with E-state index in [-0.39, 0.29) is 5.91 Å². The van der Waals surface area contributed by atoms with E-state index in [0.29, 0.717) is 33.8 Å². The summed E-state index contributed by atoms with van der Waals surface area (Å²) in [6, 6.07) is 13.0. The number of benzene rings is 2. The lowest BCUT2D eigenvalue weighted by atomic mass is 10.1. The third-order valence-corrected chi connectivity index (χ3v) is 4.19. The number of aromatic nitrogens is 2. The summed E-state index contributed by atoms with van der Waals surface area (Å²) in [4.78, 5) is 20.6. The Labute approximate surface area is 161 Å². The molecular formula is C19H16Cl2N4O. The average Bonchev–Trinajstić information content (AvgIpc) is 2.63. The highest BCUT2D eigenvalue weighted by molar-refractivity contribution is 6.35. The third-order valence-electron chi connectivity index (χ3n) is 3.62. The first-order chi connectivity index (χ1) is 12.5. The summed E-state index contributed by atoms with van der Waals surface area (Å²) in [6.45, 7) is 2.64. The molecule has 1 amide bonds. The van der Waals surface area contributed by atoms with Crippen molar-refractivity contribution < 1.29 is 4.79 Å². The van der Waals surface area contributed by atoms with Crippen molar-refractivity contribution in [2.75, 3.05) is 10.6 Å². The van der Waals surface area contributed by atoms with E-state index in [1.165, 1.54) is 18.0 Å². The second-order valence-electron chi connectivity index (χ2n) is 5.72. The van der Waals surface area contributed by atoms with Crippen LogP contribution in [0.15, 0.2) is 54.9 Å². The number of aryl methyl sites for hydroxylation is 1. The van der Waals surface area contributed by atoms with Crippen LogP contribution in [-0.2, 0) is 6.54 Å². The minimum atomic E-state index is -0.362. The molecule has 1 aromatic heterocycles. The van der Waals surface area contributed by atoms with Gasteiger partial charge in [-0.15, -0.1) is 0 Å². The fraction of sp³-hybridized carbons (Fsp3) is 0.105. The Hall–Kier alpha value is -2.63. The number of anilines is 2. The van der Waals surface area contributed by atoms with Crippen LogP contribution in [0.2, 0.25) is 10.0 Å². The van der Waals surface area contributed by atoms with Crippen molar-refractivity contribution >= 4 is 40.7 Å². The van der Waals surface area contributed by atoms with Gasteiger partial charge in [-0.1, -0.05) is 53.0 Å². The van der Waals surface area contributed by atoms with Crippen LogP contribution in [0, 0.1) is 6.92 Å². The van der Waals surface area contributed by atoms with E-state index < -0.39 is 0 Å². The van der Waals surface area contributed by atoms with Gasteiger partial charge < -0.3 is 10.6 Å². The second-order valence-corrected chi connectivity index (χ2v) is 6.56. The van der Waals surface area contributed by atoms with Crippen molar-refractivity contribution in [2.45, 2.75) is 13.5 Å². The molecule has 2 N–H and O–H groups in total. The van der Waals surface area contributed by atoms with Crippen LogP contribution in [0.3, 0.4) is 0 Å². The minimum Gasteiger partial charge on any atom is -0.350 e. The number of nitrogens with zero attached hydrogens (tertiary/aromatic N) is 2. The molecule has 0 aliphatic heterocycles. The van der Waals surface area contributed by atoms with Gasteiger partial charge in [0.25, 0.3) is 5.91 Å². The van der Waals surface area contributed by atoms with Gasteiger partial charge in [0.15, 0.2) is 0 Å². The molecule has 0 saturated carbocycles. The van der Waals surface area contributed by atoms with Gasteiger partial charge in [-0.25, -0.2) is 9.97 Å². The first-order valence-electron chi connectivity index (χ1n) is 7.89. The average molecular weight is 387 g/mol. The number of hydrogen-bond donors (Lipinski definition) is 2. The zero-order chi connectivity index (χ0) is 18.5. The van der Waals surface area contributed by atoms with Gasteiger partial charge in [-0.3, -0.25) is 4.79 Å². The van der Waals surface area contributed by atoms with E-state index in [9.17, 15) is 4.79 Å². The molecule has 26 heavy (non-hydrogen) atoms. The van der Waals surface area contributed by atoms with E-state index in [4.69, 9.17) is 23.2 Å². The molecule has 0 atom stereocenters. The largest absolute Gasteiger partial charge is 0.350 e. The molecule has 0 radical (unpaired) electrons. The summed E-state index contributed by atoms with van der Waals surface area (Å²) in [5.74, 6) is 0.0863. The van der Waals surface area contributed by atoms with E-state index in [2.05, 4.69) is 26.7 Å². The number of hydrogen-bond acceptors (Lipinski definition) is 4. The van der Waals surface area contributed by atoms with Crippen molar-refractivity contribution in [2.24, 2.45) is 0 Å². The molecule has 132 valence electrons. The highest BCUT2D eigenvalue weighted by atomic mass is 35.5. The lowest BCUT2D eigenvalue weighted by molar-refractivity contribution is 0.102. The molecule has 0 fully saturated rings. The maximum Gasteiger partial charge on any atom is 0.258 e. The molecule has 7 heteroatoms. The van der Waals surface area contributed by atoms with Crippen LogP contribution in [0.4, 0.5) is 11.6 Å². The van der Waals surface area contributed by atoms with E-state index in [1.807, 2.05) is 25.1 Å². The zero-order valence-electron chi connectivity index (χ0n) is 14.0.